The van der Waals surface area contributed by atoms with Crippen molar-refractivity contribution in [3.8, 4) is 0 Å². The van der Waals surface area contributed by atoms with Crippen molar-refractivity contribution in [1.82, 2.24) is 15.2 Å². The molecule has 0 amide bonds. The summed E-state index contributed by atoms with van der Waals surface area (Å²) in [4.78, 5) is 5.98. The van der Waals surface area contributed by atoms with E-state index in [4.69, 9.17) is 0 Å². The van der Waals surface area contributed by atoms with Crippen LogP contribution >= 0.6 is 11.3 Å². The van der Waals surface area contributed by atoms with Crippen LogP contribution in [0.15, 0.2) is 0 Å². The van der Waals surface area contributed by atoms with Crippen LogP contribution in [0.25, 0.3) is 0 Å². The summed E-state index contributed by atoms with van der Waals surface area (Å²) in [5.41, 5.74) is -0.712. The molecule has 7 heteroatoms. The summed E-state index contributed by atoms with van der Waals surface area (Å²) in [5, 5.41) is 3.73. The molecule has 0 radical (unpaired) electrons. The molecule has 1 aliphatic heterocycles. The first kappa shape index (κ1) is 14.7. The fourth-order valence-electron chi connectivity index (χ4n) is 2.40. The summed E-state index contributed by atoms with van der Waals surface area (Å²) < 4.78 is 38.6. The van der Waals surface area contributed by atoms with Gasteiger partial charge in [-0.1, -0.05) is 0 Å². The van der Waals surface area contributed by atoms with Crippen molar-refractivity contribution >= 4 is 11.3 Å². The van der Waals surface area contributed by atoms with Crippen molar-refractivity contribution in [3.05, 3.63) is 15.6 Å². The van der Waals surface area contributed by atoms with E-state index in [0.29, 0.717) is 22.5 Å². The molecule has 2 rings (SSSR count). The Bertz CT molecular complexity index is 424. The normalized spacial score (nSPS) is 18.2. The minimum Gasteiger partial charge on any atom is -0.317 e. The van der Waals surface area contributed by atoms with Crippen molar-refractivity contribution in [2.24, 2.45) is 0 Å². The summed E-state index contributed by atoms with van der Waals surface area (Å²) in [5.74, 6) is 0. The van der Waals surface area contributed by atoms with E-state index in [0.717, 1.165) is 37.3 Å². The van der Waals surface area contributed by atoms with Gasteiger partial charge in [-0.3, -0.25) is 4.90 Å². The van der Waals surface area contributed by atoms with Crippen LogP contribution in [-0.2, 0) is 12.7 Å². The number of nitrogens with one attached hydrogen (secondary N) is 1. The minimum atomic E-state index is -4.35. The number of piperidine rings is 1. The van der Waals surface area contributed by atoms with Gasteiger partial charge in [0.05, 0.1) is 9.88 Å². The van der Waals surface area contributed by atoms with Gasteiger partial charge in [-0.05, 0) is 39.9 Å². The first-order valence-corrected chi connectivity index (χ1v) is 7.14. The van der Waals surface area contributed by atoms with Gasteiger partial charge in [0.1, 0.15) is 0 Å². The molecule has 1 aromatic rings. The number of aryl methyl sites for hydroxylation is 1. The molecule has 1 aromatic heterocycles. The number of thiazole rings is 1. The predicted octanol–water partition coefficient (Wildman–Crippen LogP) is 2.65. The van der Waals surface area contributed by atoms with E-state index >= 15 is 0 Å². The van der Waals surface area contributed by atoms with Crippen molar-refractivity contribution in [1.29, 1.82) is 0 Å². The molecule has 1 saturated heterocycles. The van der Waals surface area contributed by atoms with Crippen LogP contribution in [0, 0.1) is 6.92 Å². The van der Waals surface area contributed by atoms with E-state index in [1.54, 1.807) is 6.92 Å². The molecule has 19 heavy (non-hydrogen) atoms. The molecule has 0 spiro atoms. The van der Waals surface area contributed by atoms with E-state index in [2.05, 4.69) is 10.3 Å². The van der Waals surface area contributed by atoms with Gasteiger partial charge in [0.25, 0.3) is 0 Å². The Morgan fingerprint density at radius 3 is 2.58 bits per heavy atom. The van der Waals surface area contributed by atoms with Crippen molar-refractivity contribution < 1.29 is 13.2 Å². The van der Waals surface area contributed by atoms with Gasteiger partial charge in [-0.2, -0.15) is 13.2 Å². The minimum absolute atomic E-state index is 0.324. The van der Waals surface area contributed by atoms with Crippen LogP contribution in [0.1, 0.15) is 28.4 Å². The van der Waals surface area contributed by atoms with Gasteiger partial charge in [0.15, 0.2) is 5.69 Å². The maximum atomic E-state index is 12.9. The second-order valence-corrected chi connectivity index (χ2v) is 6.19. The molecule has 0 bridgehead atoms. The standard InChI is InChI=1S/C12H18F3N3S/c1-8-17-11(12(13,14)15)10(19-8)7-18(2)9-3-5-16-6-4-9/h9,16H,3-7H2,1-2H3. The lowest BCUT2D eigenvalue weighted by Crippen LogP contribution is -2.40. The van der Waals surface area contributed by atoms with Crippen molar-refractivity contribution in [2.75, 3.05) is 20.1 Å². The Balaban J connectivity index is 2.09. The molecule has 1 fully saturated rings. The Kier molecular flexibility index (Phi) is 4.47. The van der Waals surface area contributed by atoms with Gasteiger partial charge in [0, 0.05) is 12.6 Å². The number of aromatic nitrogens is 1. The highest BCUT2D eigenvalue weighted by Crippen LogP contribution is 2.35. The van der Waals surface area contributed by atoms with E-state index < -0.39 is 11.9 Å². The van der Waals surface area contributed by atoms with Gasteiger partial charge in [0.2, 0.25) is 0 Å². The van der Waals surface area contributed by atoms with Crippen LogP contribution in [0.5, 0.6) is 0 Å². The number of rotatable bonds is 3. The maximum Gasteiger partial charge on any atom is 0.434 e. The van der Waals surface area contributed by atoms with Crippen molar-refractivity contribution in [2.45, 2.75) is 38.5 Å². The highest BCUT2D eigenvalue weighted by molar-refractivity contribution is 7.11. The van der Waals surface area contributed by atoms with Gasteiger partial charge in [-0.25, -0.2) is 4.98 Å². The molecule has 0 aromatic carbocycles. The monoisotopic (exact) mass is 293 g/mol. The Morgan fingerprint density at radius 2 is 2.00 bits per heavy atom. The average Bonchev–Trinajstić information content (AvgIpc) is 2.71. The molecular formula is C12H18F3N3S. The van der Waals surface area contributed by atoms with Crippen LogP contribution in [-0.4, -0.2) is 36.1 Å². The van der Waals surface area contributed by atoms with E-state index in [1.165, 1.54) is 0 Å². The molecule has 0 unspecified atom stereocenters. The van der Waals surface area contributed by atoms with Crippen molar-refractivity contribution in [3.63, 3.8) is 0 Å². The highest BCUT2D eigenvalue weighted by atomic mass is 32.1. The molecule has 0 aliphatic carbocycles. The lowest BCUT2D eigenvalue weighted by Gasteiger charge is -2.31. The van der Waals surface area contributed by atoms with Gasteiger partial charge < -0.3 is 5.32 Å². The number of halogens is 3. The fourth-order valence-corrected chi connectivity index (χ4v) is 3.42. The predicted molar refractivity (Wildman–Crippen MR) is 69.2 cm³/mol. The third-order valence-electron chi connectivity index (χ3n) is 3.40. The summed E-state index contributed by atoms with van der Waals surface area (Å²) in [6.45, 7) is 3.81. The summed E-state index contributed by atoms with van der Waals surface area (Å²) in [6, 6.07) is 0.352. The Labute approximate surface area is 114 Å². The first-order chi connectivity index (χ1) is 8.88. The average molecular weight is 293 g/mol. The summed E-state index contributed by atoms with van der Waals surface area (Å²) >= 11 is 1.15. The van der Waals surface area contributed by atoms with Crippen LogP contribution in [0.2, 0.25) is 0 Å². The molecule has 2 heterocycles. The van der Waals surface area contributed by atoms with Gasteiger partial charge in [-0.15, -0.1) is 11.3 Å². The van der Waals surface area contributed by atoms with Crippen LogP contribution < -0.4 is 5.32 Å². The van der Waals surface area contributed by atoms with E-state index in [1.807, 2.05) is 11.9 Å². The molecule has 1 aliphatic rings. The quantitative estimate of drug-likeness (QED) is 0.928. The Hall–Kier alpha value is -0.660. The largest absolute Gasteiger partial charge is 0.434 e. The number of alkyl halides is 3. The summed E-state index contributed by atoms with van der Waals surface area (Å²) in [7, 11) is 1.89. The van der Waals surface area contributed by atoms with E-state index in [9.17, 15) is 13.2 Å². The highest BCUT2D eigenvalue weighted by Gasteiger charge is 2.37. The zero-order valence-electron chi connectivity index (χ0n) is 11.0. The first-order valence-electron chi connectivity index (χ1n) is 6.32. The smallest absolute Gasteiger partial charge is 0.317 e. The molecule has 1 N–H and O–H groups in total. The Morgan fingerprint density at radius 1 is 1.37 bits per heavy atom. The number of hydrogen-bond acceptors (Lipinski definition) is 4. The number of hydrogen-bond donors (Lipinski definition) is 1. The molecule has 0 atom stereocenters. The molecule has 3 nitrogen and oxygen atoms in total. The van der Waals surface area contributed by atoms with Crippen LogP contribution in [0.4, 0.5) is 13.2 Å². The third-order valence-corrected chi connectivity index (χ3v) is 4.35. The zero-order valence-corrected chi connectivity index (χ0v) is 11.9. The number of nitrogens with zero attached hydrogens (tertiary/aromatic N) is 2. The molecular weight excluding hydrogens is 275 g/mol. The second kappa shape index (κ2) is 5.76. The summed E-state index contributed by atoms with van der Waals surface area (Å²) in [6.07, 6.45) is -2.39. The van der Waals surface area contributed by atoms with Gasteiger partial charge >= 0.3 is 6.18 Å². The van der Waals surface area contributed by atoms with E-state index in [-0.39, 0.29) is 0 Å². The topological polar surface area (TPSA) is 28.2 Å². The lowest BCUT2D eigenvalue weighted by molar-refractivity contribution is -0.141. The third kappa shape index (κ3) is 3.67. The fraction of sp³-hybridized carbons (Fsp3) is 0.750. The lowest BCUT2D eigenvalue weighted by atomic mass is 10.1. The second-order valence-electron chi connectivity index (χ2n) is 4.90. The molecule has 0 saturated carbocycles. The maximum absolute atomic E-state index is 12.9. The molecule has 108 valence electrons. The zero-order chi connectivity index (χ0) is 14.0. The SMILES string of the molecule is Cc1nc(C(F)(F)F)c(CN(C)C2CCNCC2)s1. The van der Waals surface area contributed by atoms with Crippen LogP contribution in [0.3, 0.4) is 0 Å².